The van der Waals surface area contributed by atoms with E-state index in [2.05, 4.69) is 15.4 Å². The van der Waals surface area contributed by atoms with Crippen LogP contribution < -0.4 is 9.47 Å². The zero-order valence-electron chi connectivity index (χ0n) is 10.4. The number of aromatic amines is 1. The first kappa shape index (κ1) is 12.1. The maximum absolute atomic E-state index is 10.8. The first-order valence-electron chi connectivity index (χ1n) is 5.32. The zero-order valence-corrected chi connectivity index (χ0v) is 10.4. The van der Waals surface area contributed by atoms with Crippen LogP contribution in [0.5, 0.6) is 11.5 Å². The van der Waals surface area contributed by atoms with E-state index in [4.69, 9.17) is 9.47 Å². The molecule has 18 heavy (non-hydrogen) atoms. The third kappa shape index (κ3) is 1.92. The second kappa shape index (κ2) is 4.87. The summed E-state index contributed by atoms with van der Waals surface area (Å²) in [6.07, 6.45) is 0. The SMILES string of the molecule is COc1ccc(-c2n[nH]c(C)c2N=O)cc1OC. The highest BCUT2D eigenvalue weighted by atomic mass is 16.5. The van der Waals surface area contributed by atoms with Crippen LogP contribution in [0.4, 0.5) is 5.69 Å². The molecule has 0 saturated heterocycles. The molecular weight excluding hydrogens is 234 g/mol. The number of hydrogen-bond donors (Lipinski definition) is 1. The summed E-state index contributed by atoms with van der Waals surface area (Å²) in [6.45, 7) is 1.74. The topological polar surface area (TPSA) is 76.6 Å². The van der Waals surface area contributed by atoms with Crippen molar-refractivity contribution >= 4 is 5.69 Å². The summed E-state index contributed by atoms with van der Waals surface area (Å²) < 4.78 is 10.4. The molecule has 0 spiro atoms. The van der Waals surface area contributed by atoms with Gasteiger partial charge < -0.3 is 9.47 Å². The Morgan fingerprint density at radius 1 is 1.22 bits per heavy atom. The molecule has 0 unspecified atom stereocenters. The van der Waals surface area contributed by atoms with E-state index in [0.717, 1.165) is 5.56 Å². The highest BCUT2D eigenvalue weighted by molar-refractivity contribution is 5.75. The predicted octanol–water partition coefficient (Wildman–Crippen LogP) is 2.80. The number of benzene rings is 1. The van der Waals surface area contributed by atoms with Gasteiger partial charge in [0.25, 0.3) is 0 Å². The van der Waals surface area contributed by atoms with Gasteiger partial charge >= 0.3 is 0 Å². The number of nitrogens with zero attached hydrogens (tertiary/aromatic N) is 2. The van der Waals surface area contributed by atoms with E-state index in [9.17, 15) is 4.91 Å². The lowest BCUT2D eigenvalue weighted by molar-refractivity contribution is 0.355. The van der Waals surface area contributed by atoms with Gasteiger partial charge in [-0.1, -0.05) is 0 Å². The minimum absolute atomic E-state index is 0.308. The van der Waals surface area contributed by atoms with Crippen LogP contribution in [-0.2, 0) is 0 Å². The van der Waals surface area contributed by atoms with Crippen molar-refractivity contribution in [2.45, 2.75) is 6.92 Å². The number of nitroso groups, excluding NO2 is 1. The van der Waals surface area contributed by atoms with E-state index in [1.807, 2.05) is 0 Å². The Kier molecular flexibility index (Phi) is 3.27. The molecule has 0 aliphatic rings. The number of methoxy groups -OCH3 is 2. The fraction of sp³-hybridized carbons (Fsp3) is 0.250. The Balaban J connectivity index is 2.54. The molecule has 0 amide bonds. The van der Waals surface area contributed by atoms with Crippen molar-refractivity contribution in [1.82, 2.24) is 10.2 Å². The molecular formula is C12H13N3O3. The standard InChI is InChI=1S/C12H13N3O3/c1-7-11(15-16)12(14-13-7)8-4-5-9(17-2)10(6-8)18-3/h4-6H,1-3H3,(H,13,14). The van der Waals surface area contributed by atoms with Crippen molar-refractivity contribution in [3.05, 3.63) is 28.8 Å². The fourth-order valence-corrected chi connectivity index (χ4v) is 1.72. The monoisotopic (exact) mass is 247 g/mol. The molecule has 2 rings (SSSR count). The van der Waals surface area contributed by atoms with Gasteiger partial charge in [-0.3, -0.25) is 5.10 Å². The molecule has 1 N–H and O–H groups in total. The van der Waals surface area contributed by atoms with E-state index in [0.29, 0.717) is 28.6 Å². The summed E-state index contributed by atoms with van der Waals surface area (Å²) in [5.74, 6) is 1.20. The Bertz CT molecular complexity index is 578. The highest BCUT2D eigenvalue weighted by Crippen LogP contribution is 2.36. The Morgan fingerprint density at radius 2 is 1.94 bits per heavy atom. The third-order valence-electron chi connectivity index (χ3n) is 2.66. The van der Waals surface area contributed by atoms with Crippen molar-refractivity contribution in [3.8, 4) is 22.8 Å². The van der Waals surface area contributed by atoms with Crippen LogP contribution in [0.3, 0.4) is 0 Å². The molecule has 94 valence electrons. The smallest absolute Gasteiger partial charge is 0.161 e. The van der Waals surface area contributed by atoms with E-state index in [-0.39, 0.29) is 0 Å². The third-order valence-corrected chi connectivity index (χ3v) is 2.66. The van der Waals surface area contributed by atoms with Crippen LogP contribution in [0.1, 0.15) is 5.69 Å². The molecule has 0 atom stereocenters. The minimum Gasteiger partial charge on any atom is -0.493 e. The lowest BCUT2D eigenvalue weighted by atomic mass is 10.1. The van der Waals surface area contributed by atoms with Crippen molar-refractivity contribution in [2.24, 2.45) is 5.18 Å². The van der Waals surface area contributed by atoms with Gasteiger partial charge in [0.2, 0.25) is 0 Å². The lowest BCUT2D eigenvalue weighted by Crippen LogP contribution is -1.91. The van der Waals surface area contributed by atoms with Gasteiger partial charge in [0.1, 0.15) is 5.69 Å². The summed E-state index contributed by atoms with van der Waals surface area (Å²) in [4.78, 5) is 10.8. The van der Waals surface area contributed by atoms with Crippen LogP contribution >= 0.6 is 0 Å². The van der Waals surface area contributed by atoms with Crippen molar-refractivity contribution in [3.63, 3.8) is 0 Å². The largest absolute Gasteiger partial charge is 0.493 e. The van der Waals surface area contributed by atoms with Gasteiger partial charge in [-0.25, -0.2) is 0 Å². The van der Waals surface area contributed by atoms with Crippen molar-refractivity contribution in [1.29, 1.82) is 0 Å². The summed E-state index contributed by atoms with van der Waals surface area (Å²) in [6, 6.07) is 5.31. The molecule has 0 aliphatic carbocycles. The predicted molar refractivity (Wildman–Crippen MR) is 67.3 cm³/mol. The molecule has 1 aromatic heterocycles. The number of hydrogen-bond acceptors (Lipinski definition) is 5. The second-order valence-electron chi connectivity index (χ2n) is 3.71. The summed E-state index contributed by atoms with van der Waals surface area (Å²) in [5, 5.41) is 9.80. The van der Waals surface area contributed by atoms with Crippen LogP contribution in [-0.4, -0.2) is 24.4 Å². The van der Waals surface area contributed by atoms with Crippen LogP contribution in [0.25, 0.3) is 11.3 Å². The van der Waals surface area contributed by atoms with E-state index >= 15 is 0 Å². The molecule has 0 saturated carbocycles. The first-order valence-corrected chi connectivity index (χ1v) is 5.32. The molecule has 6 nitrogen and oxygen atoms in total. The summed E-state index contributed by atoms with van der Waals surface area (Å²) >= 11 is 0. The van der Waals surface area contributed by atoms with Gasteiger partial charge in [0.05, 0.1) is 19.9 Å². The van der Waals surface area contributed by atoms with E-state index < -0.39 is 0 Å². The number of rotatable bonds is 4. The van der Waals surface area contributed by atoms with Gasteiger partial charge in [-0.2, -0.15) is 5.10 Å². The molecule has 0 radical (unpaired) electrons. The quantitative estimate of drug-likeness (QED) is 0.843. The molecule has 0 fully saturated rings. The van der Waals surface area contributed by atoms with E-state index in [1.54, 1.807) is 39.3 Å². The first-order chi connectivity index (χ1) is 8.71. The van der Waals surface area contributed by atoms with Crippen LogP contribution in [0.2, 0.25) is 0 Å². The second-order valence-corrected chi connectivity index (χ2v) is 3.71. The average molecular weight is 247 g/mol. The van der Waals surface area contributed by atoms with E-state index in [1.165, 1.54) is 0 Å². The molecule has 1 aromatic carbocycles. The Labute approximate surface area is 104 Å². The molecule has 0 bridgehead atoms. The van der Waals surface area contributed by atoms with Crippen molar-refractivity contribution < 1.29 is 9.47 Å². The molecule has 0 aliphatic heterocycles. The number of nitrogens with one attached hydrogen (secondary N) is 1. The van der Waals surface area contributed by atoms with Gasteiger partial charge in [0.15, 0.2) is 17.2 Å². The van der Waals surface area contributed by atoms with Crippen LogP contribution in [0, 0.1) is 11.8 Å². The summed E-state index contributed by atoms with van der Waals surface area (Å²) in [7, 11) is 3.12. The van der Waals surface area contributed by atoms with Crippen molar-refractivity contribution in [2.75, 3.05) is 14.2 Å². The molecule has 6 heteroatoms. The minimum atomic E-state index is 0.308. The number of aromatic nitrogens is 2. The maximum atomic E-state index is 10.8. The van der Waals surface area contributed by atoms with Gasteiger partial charge in [0, 0.05) is 5.56 Å². The summed E-state index contributed by atoms with van der Waals surface area (Å²) in [5.41, 5.74) is 2.19. The van der Waals surface area contributed by atoms with Gasteiger partial charge in [-0.05, 0) is 30.3 Å². The maximum Gasteiger partial charge on any atom is 0.161 e. The number of H-pyrrole nitrogens is 1. The lowest BCUT2D eigenvalue weighted by Gasteiger charge is -2.08. The Hall–Kier alpha value is -2.37. The highest BCUT2D eigenvalue weighted by Gasteiger charge is 2.15. The Morgan fingerprint density at radius 3 is 2.56 bits per heavy atom. The average Bonchev–Trinajstić information content (AvgIpc) is 2.78. The zero-order chi connectivity index (χ0) is 13.1. The number of aryl methyl sites for hydroxylation is 1. The normalized spacial score (nSPS) is 10.2. The number of ether oxygens (including phenoxy) is 2. The van der Waals surface area contributed by atoms with Gasteiger partial charge in [-0.15, -0.1) is 4.91 Å². The fourth-order valence-electron chi connectivity index (χ4n) is 1.72. The molecule has 1 heterocycles. The molecule has 2 aromatic rings. The van der Waals surface area contributed by atoms with Crippen LogP contribution in [0.15, 0.2) is 23.4 Å².